The molecule has 1 aliphatic heterocycles. The second-order valence-corrected chi connectivity index (χ2v) is 5.23. The summed E-state index contributed by atoms with van der Waals surface area (Å²) in [7, 11) is 1.36. The van der Waals surface area contributed by atoms with Gasteiger partial charge < -0.3 is 9.84 Å². The van der Waals surface area contributed by atoms with Crippen molar-refractivity contribution in [3.05, 3.63) is 0 Å². The number of methoxy groups -OCH3 is 1. The van der Waals surface area contributed by atoms with Crippen molar-refractivity contribution in [2.24, 2.45) is 0 Å². The molecule has 0 aromatic carbocycles. The molecule has 0 aromatic heterocycles. The molecule has 0 radical (unpaired) electrons. The smallest absolute Gasteiger partial charge is 0.328 e. The molecule has 0 amide bonds. The number of ether oxygens (including phenoxy) is 1. The minimum Gasteiger partial charge on any atom is -0.468 e. The lowest BCUT2D eigenvalue weighted by Crippen LogP contribution is -2.55. The van der Waals surface area contributed by atoms with Crippen LogP contribution in [0.25, 0.3) is 0 Å². The van der Waals surface area contributed by atoms with Crippen LogP contribution in [0.15, 0.2) is 0 Å². The van der Waals surface area contributed by atoms with Gasteiger partial charge in [-0.25, -0.2) is 4.79 Å². The molecular formula is C12H22ClNO3. The molecular weight excluding hydrogens is 242 g/mol. The lowest BCUT2D eigenvalue weighted by molar-refractivity contribution is -0.156. The molecule has 2 unspecified atom stereocenters. The van der Waals surface area contributed by atoms with Crippen molar-refractivity contribution in [2.75, 3.05) is 26.8 Å². The molecule has 1 saturated heterocycles. The third-order valence-corrected chi connectivity index (χ3v) is 3.83. The summed E-state index contributed by atoms with van der Waals surface area (Å²) < 4.78 is 4.82. The normalized spacial score (nSPS) is 27.1. The third-order valence-electron chi connectivity index (χ3n) is 3.47. The Hall–Kier alpha value is -0.320. The van der Waals surface area contributed by atoms with Gasteiger partial charge >= 0.3 is 5.97 Å². The molecule has 1 fully saturated rings. The van der Waals surface area contributed by atoms with E-state index in [1.807, 2.05) is 4.90 Å². The van der Waals surface area contributed by atoms with Crippen LogP contribution in [0, 0.1) is 0 Å². The van der Waals surface area contributed by atoms with Gasteiger partial charge in [-0.05, 0) is 25.8 Å². The predicted octanol–water partition coefficient (Wildman–Crippen LogP) is 1.39. The molecule has 1 heterocycles. The van der Waals surface area contributed by atoms with Crippen LogP contribution in [-0.4, -0.2) is 53.7 Å². The molecule has 0 aliphatic carbocycles. The van der Waals surface area contributed by atoms with Crippen LogP contribution in [0.2, 0.25) is 0 Å². The number of alkyl halides is 1. The summed E-state index contributed by atoms with van der Waals surface area (Å²) in [5.41, 5.74) is -0.865. The van der Waals surface area contributed by atoms with Gasteiger partial charge in [0.2, 0.25) is 0 Å². The Morgan fingerprint density at radius 1 is 1.65 bits per heavy atom. The Kier molecular flexibility index (Phi) is 5.70. The summed E-state index contributed by atoms with van der Waals surface area (Å²) in [6.07, 6.45) is 3.48. The summed E-state index contributed by atoms with van der Waals surface area (Å²) in [6, 6.07) is 0. The molecule has 1 rings (SSSR count). The molecule has 0 aromatic rings. The molecule has 5 heteroatoms. The number of esters is 1. The van der Waals surface area contributed by atoms with Crippen LogP contribution in [0.5, 0.6) is 0 Å². The molecule has 100 valence electrons. The highest BCUT2D eigenvalue weighted by Crippen LogP contribution is 2.31. The van der Waals surface area contributed by atoms with E-state index < -0.39 is 5.54 Å². The Morgan fingerprint density at radius 2 is 2.35 bits per heavy atom. The number of hydrogen-bond acceptors (Lipinski definition) is 4. The third kappa shape index (κ3) is 3.12. The first kappa shape index (κ1) is 14.7. The molecule has 0 spiro atoms. The molecule has 1 N–H and O–H groups in total. The van der Waals surface area contributed by atoms with Crippen LogP contribution in [0.1, 0.15) is 32.6 Å². The standard InChI is InChI=1S/C12H22ClNO3/c1-3-5-10(13)8-14-7-4-6-12(14,9-15)11(16)17-2/h10,15H,3-9H2,1-2H3. The van der Waals surface area contributed by atoms with Gasteiger partial charge in [-0.15, -0.1) is 11.6 Å². The fourth-order valence-electron chi connectivity index (χ4n) is 2.51. The van der Waals surface area contributed by atoms with E-state index in [0.29, 0.717) is 13.0 Å². The maximum Gasteiger partial charge on any atom is 0.328 e. The summed E-state index contributed by atoms with van der Waals surface area (Å²) in [6.45, 7) is 3.31. The van der Waals surface area contributed by atoms with Crippen molar-refractivity contribution in [1.29, 1.82) is 0 Å². The Bertz CT molecular complexity index is 262. The van der Waals surface area contributed by atoms with Crippen molar-refractivity contribution in [2.45, 2.75) is 43.5 Å². The number of carbonyl (C=O) groups is 1. The second-order valence-electron chi connectivity index (χ2n) is 4.62. The largest absolute Gasteiger partial charge is 0.468 e. The van der Waals surface area contributed by atoms with E-state index in [1.54, 1.807) is 0 Å². The van der Waals surface area contributed by atoms with Gasteiger partial charge in [-0.2, -0.15) is 0 Å². The van der Waals surface area contributed by atoms with E-state index in [0.717, 1.165) is 25.8 Å². The minimum atomic E-state index is -0.865. The minimum absolute atomic E-state index is 0.0219. The number of likely N-dealkylation sites (tertiary alicyclic amines) is 1. The van der Waals surface area contributed by atoms with E-state index in [9.17, 15) is 9.90 Å². The maximum absolute atomic E-state index is 11.8. The Morgan fingerprint density at radius 3 is 2.88 bits per heavy atom. The van der Waals surface area contributed by atoms with Crippen LogP contribution >= 0.6 is 11.6 Å². The predicted molar refractivity (Wildman–Crippen MR) is 67.2 cm³/mol. The first-order chi connectivity index (χ1) is 8.10. The van der Waals surface area contributed by atoms with Crippen molar-refractivity contribution in [3.8, 4) is 0 Å². The number of rotatable bonds is 6. The van der Waals surface area contributed by atoms with Crippen molar-refractivity contribution < 1.29 is 14.6 Å². The van der Waals surface area contributed by atoms with Crippen LogP contribution < -0.4 is 0 Å². The van der Waals surface area contributed by atoms with Gasteiger partial charge in [0.05, 0.1) is 13.7 Å². The van der Waals surface area contributed by atoms with Crippen LogP contribution in [0.3, 0.4) is 0 Å². The van der Waals surface area contributed by atoms with Gasteiger partial charge in [-0.3, -0.25) is 4.90 Å². The molecule has 2 atom stereocenters. The zero-order valence-corrected chi connectivity index (χ0v) is 11.4. The number of aliphatic hydroxyl groups is 1. The highest BCUT2D eigenvalue weighted by atomic mass is 35.5. The van der Waals surface area contributed by atoms with Gasteiger partial charge in [-0.1, -0.05) is 13.3 Å². The molecule has 4 nitrogen and oxygen atoms in total. The summed E-state index contributed by atoms with van der Waals surface area (Å²) in [4.78, 5) is 13.8. The van der Waals surface area contributed by atoms with E-state index in [-0.39, 0.29) is 18.0 Å². The lowest BCUT2D eigenvalue weighted by atomic mass is 9.97. The lowest BCUT2D eigenvalue weighted by Gasteiger charge is -2.35. The zero-order chi connectivity index (χ0) is 12.9. The quantitative estimate of drug-likeness (QED) is 0.581. The van der Waals surface area contributed by atoms with E-state index in [1.165, 1.54) is 7.11 Å². The van der Waals surface area contributed by atoms with Gasteiger partial charge in [0, 0.05) is 11.9 Å². The highest BCUT2D eigenvalue weighted by Gasteiger charge is 2.48. The summed E-state index contributed by atoms with van der Waals surface area (Å²) in [5, 5.41) is 9.57. The van der Waals surface area contributed by atoms with Crippen LogP contribution in [-0.2, 0) is 9.53 Å². The number of halogens is 1. The Balaban J connectivity index is 2.72. The topological polar surface area (TPSA) is 49.8 Å². The van der Waals surface area contributed by atoms with Gasteiger partial charge in [0.15, 0.2) is 0 Å². The average Bonchev–Trinajstić information content (AvgIpc) is 2.72. The molecule has 1 aliphatic rings. The van der Waals surface area contributed by atoms with Crippen molar-refractivity contribution >= 4 is 17.6 Å². The van der Waals surface area contributed by atoms with Gasteiger partial charge in [0.25, 0.3) is 0 Å². The second kappa shape index (κ2) is 6.57. The van der Waals surface area contributed by atoms with Crippen molar-refractivity contribution in [3.63, 3.8) is 0 Å². The first-order valence-corrected chi connectivity index (χ1v) is 6.62. The fraction of sp³-hybridized carbons (Fsp3) is 0.917. The van der Waals surface area contributed by atoms with Gasteiger partial charge in [0.1, 0.15) is 5.54 Å². The summed E-state index contributed by atoms with van der Waals surface area (Å²) >= 11 is 6.22. The maximum atomic E-state index is 11.8. The average molecular weight is 264 g/mol. The zero-order valence-electron chi connectivity index (χ0n) is 10.6. The highest BCUT2D eigenvalue weighted by molar-refractivity contribution is 6.20. The number of aliphatic hydroxyl groups excluding tert-OH is 1. The number of nitrogens with zero attached hydrogens (tertiary/aromatic N) is 1. The van der Waals surface area contributed by atoms with E-state index in [2.05, 4.69) is 6.92 Å². The molecule has 17 heavy (non-hydrogen) atoms. The first-order valence-electron chi connectivity index (χ1n) is 6.19. The molecule has 0 saturated carbocycles. The summed E-state index contributed by atoms with van der Waals surface area (Å²) in [5.74, 6) is -0.349. The van der Waals surface area contributed by atoms with E-state index in [4.69, 9.17) is 16.3 Å². The Labute approximate surface area is 108 Å². The van der Waals surface area contributed by atoms with Crippen molar-refractivity contribution in [1.82, 2.24) is 4.90 Å². The number of hydrogen-bond donors (Lipinski definition) is 1. The number of carbonyl (C=O) groups excluding carboxylic acids is 1. The van der Waals surface area contributed by atoms with Crippen LogP contribution in [0.4, 0.5) is 0 Å². The molecule has 0 bridgehead atoms. The monoisotopic (exact) mass is 263 g/mol. The fourth-order valence-corrected chi connectivity index (χ4v) is 2.89. The van der Waals surface area contributed by atoms with E-state index >= 15 is 0 Å². The SMILES string of the molecule is CCCC(Cl)CN1CCCC1(CO)C(=O)OC.